The Hall–Kier alpha value is -0.920. The first kappa shape index (κ1) is 10.6. The average Bonchev–Trinajstić information content (AvgIpc) is 2.25. The smallest absolute Gasteiger partial charge is 0.0435 e. The predicted molar refractivity (Wildman–Crippen MR) is 66.8 cm³/mol. The van der Waals surface area contributed by atoms with E-state index in [0.717, 1.165) is 10.6 Å². The van der Waals surface area contributed by atoms with Crippen LogP contribution in [0.2, 0.25) is 5.02 Å². The molecule has 0 amide bonds. The molecule has 0 unspecified atom stereocenters. The molecule has 0 aliphatic heterocycles. The summed E-state index contributed by atoms with van der Waals surface area (Å²) in [6.45, 7) is 2.03. The van der Waals surface area contributed by atoms with Gasteiger partial charge in [0.05, 0.1) is 0 Å². The van der Waals surface area contributed by atoms with Crippen LogP contribution in [0.25, 0.3) is 0 Å². The van der Waals surface area contributed by atoms with Crippen molar-refractivity contribution in [1.29, 1.82) is 0 Å². The van der Waals surface area contributed by atoms with Crippen molar-refractivity contribution in [3.8, 4) is 0 Å². The van der Waals surface area contributed by atoms with E-state index in [1.165, 1.54) is 9.79 Å². The lowest BCUT2D eigenvalue weighted by molar-refractivity contribution is 1.35. The molecular weight excluding hydrogens is 224 g/mol. The lowest BCUT2D eigenvalue weighted by Gasteiger charge is -2.03. The molecular formula is C13H11ClS. The number of rotatable bonds is 2. The first-order valence-corrected chi connectivity index (χ1v) is 5.94. The first-order valence-electron chi connectivity index (χ1n) is 4.75. The molecule has 0 fully saturated rings. The van der Waals surface area contributed by atoms with Crippen molar-refractivity contribution in [2.45, 2.75) is 16.7 Å². The molecule has 0 aliphatic carbocycles. The second-order valence-electron chi connectivity index (χ2n) is 3.33. The highest BCUT2D eigenvalue weighted by molar-refractivity contribution is 7.99. The van der Waals surface area contributed by atoms with Crippen LogP contribution >= 0.6 is 23.4 Å². The molecule has 0 atom stereocenters. The van der Waals surface area contributed by atoms with Gasteiger partial charge in [-0.2, -0.15) is 0 Å². The molecule has 2 rings (SSSR count). The maximum absolute atomic E-state index is 5.97. The number of hydrogen-bond acceptors (Lipinski definition) is 1. The monoisotopic (exact) mass is 234 g/mol. The maximum atomic E-state index is 5.97. The van der Waals surface area contributed by atoms with Gasteiger partial charge in [-0.3, -0.25) is 0 Å². The van der Waals surface area contributed by atoms with E-state index >= 15 is 0 Å². The summed E-state index contributed by atoms with van der Waals surface area (Å²) in [6, 6.07) is 16.4. The van der Waals surface area contributed by atoms with Crippen LogP contribution < -0.4 is 0 Å². The minimum atomic E-state index is 0.826. The summed E-state index contributed by atoms with van der Waals surface area (Å²) in [5.74, 6) is 0. The topological polar surface area (TPSA) is 0 Å². The van der Waals surface area contributed by atoms with Crippen molar-refractivity contribution in [1.82, 2.24) is 0 Å². The van der Waals surface area contributed by atoms with Crippen LogP contribution in [0, 0.1) is 6.92 Å². The van der Waals surface area contributed by atoms with Gasteiger partial charge in [0, 0.05) is 14.8 Å². The van der Waals surface area contributed by atoms with Crippen LogP contribution in [0.1, 0.15) is 5.56 Å². The SMILES string of the molecule is Cc1cc(Sc2ccccc2)ccc1Cl. The highest BCUT2D eigenvalue weighted by atomic mass is 35.5. The third-order valence-electron chi connectivity index (χ3n) is 2.11. The largest absolute Gasteiger partial charge is 0.0901 e. The Kier molecular flexibility index (Phi) is 3.34. The maximum Gasteiger partial charge on any atom is 0.0435 e. The van der Waals surface area contributed by atoms with Gasteiger partial charge in [-0.25, -0.2) is 0 Å². The Bertz CT molecular complexity index is 451. The van der Waals surface area contributed by atoms with Crippen LogP contribution in [0.4, 0.5) is 0 Å². The number of hydrogen-bond donors (Lipinski definition) is 0. The zero-order valence-electron chi connectivity index (χ0n) is 8.41. The van der Waals surface area contributed by atoms with Crippen molar-refractivity contribution in [3.05, 3.63) is 59.1 Å². The van der Waals surface area contributed by atoms with Gasteiger partial charge < -0.3 is 0 Å². The second-order valence-corrected chi connectivity index (χ2v) is 4.88. The van der Waals surface area contributed by atoms with E-state index < -0.39 is 0 Å². The molecule has 0 saturated heterocycles. The molecule has 76 valence electrons. The molecule has 0 nitrogen and oxygen atoms in total. The fourth-order valence-corrected chi connectivity index (χ4v) is 2.36. The van der Waals surface area contributed by atoms with E-state index in [9.17, 15) is 0 Å². The molecule has 2 aromatic rings. The van der Waals surface area contributed by atoms with Crippen LogP contribution in [0.15, 0.2) is 58.3 Å². The van der Waals surface area contributed by atoms with Gasteiger partial charge in [-0.1, -0.05) is 41.6 Å². The van der Waals surface area contributed by atoms with Crippen molar-refractivity contribution >= 4 is 23.4 Å². The van der Waals surface area contributed by atoms with Crippen molar-refractivity contribution in [3.63, 3.8) is 0 Å². The third-order valence-corrected chi connectivity index (χ3v) is 3.53. The summed E-state index contributed by atoms with van der Waals surface area (Å²) in [7, 11) is 0. The van der Waals surface area contributed by atoms with Gasteiger partial charge in [0.25, 0.3) is 0 Å². The predicted octanol–water partition coefficient (Wildman–Crippen LogP) is 4.80. The zero-order chi connectivity index (χ0) is 10.7. The van der Waals surface area contributed by atoms with E-state index in [0.29, 0.717) is 0 Å². The van der Waals surface area contributed by atoms with E-state index in [4.69, 9.17) is 11.6 Å². The first-order chi connectivity index (χ1) is 7.25. The molecule has 15 heavy (non-hydrogen) atoms. The molecule has 0 saturated carbocycles. The van der Waals surface area contributed by atoms with Gasteiger partial charge in [0.15, 0.2) is 0 Å². The Balaban J connectivity index is 2.22. The average molecular weight is 235 g/mol. The summed E-state index contributed by atoms with van der Waals surface area (Å²) >= 11 is 7.73. The van der Waals surface area contributed by atoms with Crippen LogP contribution in [0.5, 0.6) is 0 Å². The summed E-state index contributed by atoms with van der Waals surface area (Å²) in [4.78, 5) is 2.47. The highest BCUT2D eigenvalue weighted by Gasteiger charge is 1.99. The number of halogens is 1. The Labute approximate surface area is 99.3 Å². The quantitative estimate of drug-likeness (QED) is 0.719. The normalized spacial score (nSPS) is 10.3. The van der Waals surface area contributed by atoms with E-state index in [-0.39, 0.29) is 0 Å². The molecule has 0 N–H and O–H groups in total. The number of benzene rings is 2. The molecule has 0 bridgehead atoms. The summed E-state index contributed by atoms with van der Waals surface area (Å²) in [5.41, 5.74) is 1.12. The van der Waals surface area contributed by atoms with Gasteiger partial charge in [0.2, 0.25) is 0 Å². The Morgan fingerprint density at radius 1 is 0.933 bits per heavy atom. The molecule has 0 radical (unpaired) electrons. The molecule has 0 spiro atoms. The van der Waals surface area contributed by atoms with Crippen molar-refractivity contribution < 1.29 is 0 Å². The summed E-state index contributed by atoms with van der Waals surface area (Å²) in [5, 5.41) is 0.826. The zero-order valence-corrected chi connectivity index (χ0v) is 9.98. The minimum absolute atomic E-state index is 0.826. The molecule has 0 aliphatic rings. The fraction of sp³-hybridized carbons (Fsp3) is 0.0769. The standard InChI is InChI=1S/C13H11ClS/c1-10-9-12(7-8-13(10)14)15-11-5-3-2-4-6-11/h2-9H,1H3. The lowest BCUT2D eigenvalue weighted by Crippen LogP contribution is -1.77. The van der Waals surface area contributed by atoms with E-state index in [1.807, 2.05) is 37.3 Å². The minimum Gasteiger partial charge on any atom is -0.0901 e. The molecule has 2 aromatic carbocycles. The van der Waals surface area contributed by atoms with Crippen LogP contribution in [-0.4, -0.2) is 0 Å². The fourth-order valence-electron chi connectivity index (χ4n) is 1.31. The summed E-state index contributed by atoms with van der Waals surface area (Å²) in [6.07, 6.45) is 0. The second kappa shape index (κ2) is 4.73. The van der Waals surface area contributed by atoms with E-state index in [2.05, 4.69) is 18.2 Å². The van der Waals surface area contributed by atoms with Gasteiger partial charge >= 0.3 is 0 Å². The Morgan fingerprint density at radius 3 is 2.33 bits per heavy atom. The van der Waals surface area contributed by atoms with E-state index in [1.54, 1.807) is 11.8 Å². The highest BCUT2D eigenvalue weighted by Crippen LogP contribution is 2.29. The molecule has 2 heteroatoms. The third kappa shape index (κ3) is 2.77. The van der Waals surface area contributed by atoms with Crippen molar-refractivity contribution in [2.24, 2.45) is 0 Å². The molecule has 0 heterocycles. The lowest BCUT2D eigenvalue weighted by atomic mass is 10.2. The van der Waals surface area contributed by atoms with Gasteiger partial charge in [-0.05, 0) is 42.8 Å². The van der Waals surface area contributed by atoms with Crippen molar-refractivity contribution in [2.75, 3.05) is 0 Å². The summed E-state index contributed by atoms with van der Waals surface area (Å²) < 4.78 is 0. The van der Waals surface area contributed by atoms with Gasteiger partial charge in [0.1, 0.15) is 0 Å². The van der Waals surface area contributed by atoms with Gasteiger partial charge in [-0.15, -0.1) is 0 Å². The van der Waals surface area contributed by atoms with Crippen LogP contribution in [0.3, 0.4) is 0 Å². The Morgan fingerprint density at radius 2 is 1.67 bits per heavy atom. The van der Waals surface area contributed by atoms with Crippen LogP contribution in [-0.2, 0) is 0 Å². The molecule has 0 aromatic heterocycles. The number of aryl methyl sites for hydroxylation is 1.